The average Bonchev–Trinajstić information content (AvgIpc) is 3.12. The maximum absolute atomic E-state index is 12.9. The molecule has 4 rings (SSSR count). The summed E-state index contributed by atoms with van der Waals surface area (Å²) in [6.45, 7) is 1.27. The average molecular weight is 454 g/mol. The van der Waals surface area contributed by atoms with Gasteiger partial charge in [-0.2, -0.15) is 13.2 Å². The summed E-state index contributed by atoms with van der Waals surface area (Å²) >= 11 is 11.4. The Hall–Kier alpha value is -2.32. The van der Waals surface area contributed by atoms with E-state index >= 15 is 0 Å². The summed E-state index contributed by atoms with van der Waals surface area (Å²) < 4.78 is 38.7. The number of halogens is 4. The molecule has 0 aromatic heterocycles. The number of nitrogens with zero attached hydrogens (tertiary/aromatic N) is 2. The second kappa shape index (κ2) is 8.07. The van der Waals surface area contributed by atoms with E-state index in [0.29, 0.717) is 35.3 Å². The first-order chi connectivity index (χ1) is 14.2. The van der Waals surface area contributed by atoms with Crippen LogP contribution in [0.5, 0.6) is 0 Å². The van der Waals surface area contributed by atoms with Gasteiger partial charge in [-0.05, 0) is 48.1 Å². The molecule has 2 aliphatic heterocycles. The first kappa shape index (κ1) is 20.9. The molecule has 0 aliphatic carbocycles. The summed E-state index contributed by atoms with van der Waals surface area (Å²) in [5.74, 6) is 0. The Morgan fingerprint density at radius 2 is 1.83 bits per heavy atom. The Morgan fingerprint density at radius 1 is 1.13 bits per heavy atom. The summed E-state index contributed by atoms with van der Waals surface area (Å²) in [5, 5.41) is 8.27. The molecule has 4 nitrogen and oxygen atoms in total. The monoisotopic (exact) mass is 453 g/mol. The zero-order valence-electron chi connectivity index (χ0n) is 15.9. The number of nitrogens with one attached hydrogen (secondary N) is 1. The number of piperidine rings is 1. The van der Waals surface area contributed by atoms with Gasteiger partial charge in [0.25, 0.3) is 0 Å². The fourth-order valence-electron chi connectivity index (χ4n) is 3.68. The third-order valence-corrected chi connectivity index (χ3v) is 6.03. The van der Waals surface area contributed by atoms with Gasteiger partial charge in [-0.3, -0.25) is 0 Å². The number of benzene rings is 2. The maximum atomic E-state index is 12.9. The maximum Gasteiger partial charge on any atom is 0.416 e. The van der Waals surface area contributed by atoms with Gasteiger partial charge in [0.1, 0.15) is 5.60 Å². The first-order valence-corrected chi connectivity index (χ1v) is 10.3. The Bertz CT molecular complexity index is 970. The molecule has 2 aromatic carbocycles. The minimum Gasteiger partial charge on any atom is -0.388 e. The van der Waals surface area contributed by atoms with Gasteiger partial charge in [0, 0.05) is 43.1 Å². The molecule has 158 valence electrons. The molecule has 0 atom stereocenters. The highest BCUT2D eigenvalue weighted by Gasteiger charge is 2.42. The SMILES string of the molecule is FC(F)(F)c1cccc(NC(=S)N2CCC3(CC2)CC(c2ccc(Cl)cc2)=NO3)c1. The van der Waals surface area contributed by atoms with Gasteiger partial charge in [-0.25, -0.2) is 0 Å². The van der Waals surface area contributed by atoms with E-state index in [-0.39, 0.29) is 5.60 Å². The molecule has 0 amide bonds. The second-order valence-electron chi connectivity index (χ2n) is 7.49. The van der Waals surface area contributed by atoms with E-state index in [0.717, 1.165) is 36.2 Å². The zero-order chi connectivity index (χ0) is 21.4. The van der Waals surface area contributed by atoms with E-state index in [2.05, 4.69) is 10.5 Å². The van der Waals surface area contributed by atoms with Crippen LogP contribution < -0.4 is 5.32 Å². The van der Waals surface area contributed by atoms with Gasteiger partial charge in [-0.1, -0.05) is 35.0 Å². The number of rotatable bonds is 2. The van der Waals surface area contributed by atoms with Crippen LogP contribution in [-0.4, -0.2) is 34.4 Å². The summed E-state index contributed by atoms with van der Waals surface area (Å²) in [4.78, 5) is 7.77. The lowest BCUT2D eigenvalue weighted by Crippen LogP contribution is -2.48. The highest BCUT2D eigenvalue weighted by atomic mass is 35.5. The lowest BCUT2D eigenvalue weighted by Gasteiger charge is -2.38. The summed E-state index contributed by atoms with van der Waals surface area (Å²) in [7, 11) is 0. The lowest BCUT2D eigenvalue weighted by molar-refractivity contribution is -0.137. The molecule has 2 aromatic rings. The number of anilines is 1. The summed E-state index contributed by atoms with van der Waals surface area (Å²) in [6, 6.07) is 12.5. The van der Waals surface area contributed by atoms with Gasteiger partial charge < -0.3 is 15.1 Å². The highest BCUT2D eigenvalue weighted by Crippen LogP contribution is 2.36. The largest absolute Gasteiger partial charge is 0.416 e. The van der Waals surface area contributed by atoms with Crippen molar-refractivity contribution in [1.82, 2.24) is 4.90 Å². The van der Waals surface area contributed by atoms with Crippen LogP contribution in [0.3, 0.4) is 0 Å². The second-order valence-corrected chi connectivity index (χ2v) is 8.31. The van der Waals surface area contributed by atoms with E-state index in [9.17, 15) is 13.2 Å². The number of oxime groups is 1. The van der Waals surface area contributed by atoms with Crippen molar-refractivity contribution in [2.45, 2.75) is 31.0 Å². The van der Waals surface area contributed by atoms with Crippen LogP contribution in [0.25, 0.3) is 0 Å². The van der Waals surface area contributed by atoms with Crippen LogP contribution in [0.2, 0.25) is 5.02 Å². The zero-order valence-corrected chi connectivity index (χ0v) is 17.4. The first-order valence-electron chi connectivity index (χ1n) is 9.48. The molecule has 1 fully saturated rings. The molecular weight excluding hydrogens is 435 g/mol. The standard InChI is InChI=1S/C21H19ClF3N3OS/c22-16-6-4-14(5-7-16)18-13-20(29-27-18)8-10-28(11-9-20)19(30)26-17-3-1-2-15(12-17)21(23,24)25/h1-7,12H,8-11,13H2,(H,26,30). The van der Waals surface area contributed by atoms with E-state index in [1.165, 1.54) is 6.07 Å². The Kier molecular flexibility index (Phi) is 5.63. The van der Waals surface area contributed by atoms with Crippen LogP contribution in [-0.2, 0) is 11.0 Å². The highest BCUT2D eigenvalue weighted by molar-refractivity contribution is 7.80. The van der Waals surface area contributed by atoms with Crippen molar-refractivity contribution < 1.29 is 18.0 Å². The number of hydrogen-bond donors (Lipinski definition) is 1. The van der Waals surface area contributed by atoms with E-state index in [1.807, 2.05) is 29.2 Å². The van der Waals surface area contributed by atoms with Crippen molar-refractivity contribution in [1.29, 1.82) is 0 Å². The normalized spacial score (nSPS) is 18.1. The van der Waals surface area contributed by atoms with Crippen LogP contribution in [0, 0.1) is 0 Å². The van der Waals surface area contributed by atoms with Crippen molar-refractivity contribution >= 4 is 40.3 Å². The van der Waals surface area contributed by atoms with Gasteiger partial charge in [-0.15, -0.1) is 0 Å². The third-order valence-electron chi connectivity index (χ3n) is 5.42. The number of thiocarbonyl (C=S) groups is 1. The molecule has 9 heteroatoms. The van der Waals surface area contributed by atoms with Crippen LogP contribution >= 0.6 is 23.8 Å². The Labute approximate surface area is 182 Å². The summed E-state index contributed by atoms with van der Waals surface area (Å²) in [6.07, 6.45) is -2.25. The van der Waals surface area contributed by atoms with Crippen molar-refractivity contribution in [2.24, 2.45) is 5.16 Å². The minimum atomic E-state index is -4.39. The van der Waals surface area contributed by atoms with E-state index in [4.69, 9.17) is 28.7 Å². The molecule has 0 saturated carbocycles. The smallest absolute Gasteiger partial charge is 0.388 e. The molecule has 2 aliphatic rings. The van der Waals surface area contributed by atoms with Gasteiger partial charge in [0.05, 0.1) is 11.3 Å². The number of hydrogen-bond acceptors (Lipinski definition) is 3. The molecule has 1 saturated heterocycles. The molecule has 0 bridgehead atoms. The van der Waals surface area contributed by atoms with Gasteiger partial charge in [0.15, 0.2) is 5.11 Å². The molecule has 2 heterocycles. The van der Waals surface area contributed by atoms with Crippen molar-refractivity contribution in [3.05, 3.63) is 64.7 Å². The topological polar surface area (TPSA) is 36.9 Å². The quantitative estimate of drug-likeness (QED) is 0.590. The predicted molar refractivity (Wildman–Crippen MR) is 115 cm³/mol. The van der Waals surface area contributed by atoms with E-state index in [1.54, 1.807) is 6.07 Å². The van der Waals surface area contributed by atoms with Gasteiger partial charge in [0.2, 0.25) is 0 Å². The lowest BCUT2D eigenvalue weighted by atomic mass is 9.85. The molecule has 1 spiro atoms. The van der Waals surface area contributed by atoms with Crippen molar-refractivity contribution in [3.8, 4) is 0 Å². The molecule has 0 unspecified atom stereocenters. The number of alkyl halides is 3. The fourth-order valence-corrected chi connectivity index (χ4v) is 4.11. The molecule has 30 heavy (non-hydrogen) atoms. The van der Waals surface area contributed by atoms with Crippen molar-refractivity contribution in [2.75, 3.05) is 18.4 Å². The number of likely N-dealkylation sites (tertiary alicyclic amines) is 1. The Balaban J connectivity index is 1.34. The van der Waals surface area contributed by atoms with Crippen molar-refractivity contribution in [3.63, 3.8) is 0 Å². The van der Waals surface area contributed by atoms with Crippen LogP contribution in [0.15, 0.2) is 53.7 Å². The van der Waals surface area contributed by atoms with Crippen LogP contribution in [0.4, 0.5) is 18.9 Å². The predicted octanol–water partition coefficient (Wildman–Crippen LogP) is 5.71. The minimum absolute atomic E-state index is 0.320. The van der Waals surface area contributed by atoms with E-state index < -0.39 is 11.7 Å². The van der Waals surface area contributed by atoms with Crippen LogP contribution in [0.1, 0.15) is 30.4 Å². The van der Waals surface area contributed by atoms with Gasteiger partial charge >= 0.3 is 6.18 Å². The summed E-state index contributed by atoms with van der Waals surface area (Å²) in [5.41, 5.74) is 1.13. The third kappa shape index (κ3) is 4.54. The molecule has 0 radical (unpaired) electrons. The Morgan fingerprint density at radius 3 is 2.50 bits per heavy atom. The molecule has 1 N–H and O–H groups in total. The fraction of sp³-hybridized carbons (Fsp3) is 0.333. The molecular formula is C21H19ClF3N3OS.